The van der Waals surface area contributed by atoms with Crippen molar-refractivity contribution in [3.63, 3.8) is 0 Å². The predicted octanol–water partition coefficient (Wildman–Crippen LogP) is 5.01. The number of para-hydroxylation sites is 1. The molecule has 0 aliphatic carbocycles. The Morgan fingerprint density at radius 2 is 1.84 bits per heavy atom. The van der Waals surface area contributed by atoms with E-state index in [0.29, 0.717) is 38.5 Å². The van der Waals surface area contributed by atoms with Crippen molar-refractivity contribution in [3.8, 4) is 11.5 Å². The maximum absolute atomic E-state index is 13.3. The Morgan fingerprint density at radius 1 is 1.08 bits per heavy atom. The number of anilines is 1. The first kappa shape index (κ1) is 26.2. The number of nitrogens with one attached hydrogen (secondary N) is 1. The number of ether oxygens (including phenoxy) is 2. The molecule has 1 fully saturated rings. The summed E-state index contributed by atoms with van der Waals surface area (Å²) >= 11 is 7.31. The van der Waals surface area contributed by atoms with Gasteiger partial charge in [-0.1, -0.05) is 30.3 Å². The Kier molecular flexibility index (Phi) is 8.14. The van der Waals surface area contributed by atoms with Crippen LogP contribution in [0, 0.1) is 13.7 Å². The molecule has 2 amide bonds. The summed E-state index contributed by atoms with van der Waals surface area (Å²) in [6.45, 7) is 2.25. The van der Waals surface area contributed by atoms with Crippen molar-refractivity contribution in [2.45, 2.75) is 13.5 Å². The molecular weight excluding hydrogens is 609 g/mol. The zero-order valence-corrected chi connectivity index (χ0v) is 22.4. The van der Waals surface area contributed by atoms with E-state index in [1.54, 1.807) is 48.5 Å². The smallest absolute Gasteiger partial charge is 0.270 e. The lowest BCUT2D eigenvalue weighted by Crippen LogP contribution is -2.54. The third-order valence-corrected chi connectivity index (χ3v) is 6.35. The van der Waals surface area contributed by atoms with E-state index in [1.807, 2.05) is 13.0 Å². The minimum atomic E-state index is -0.596. The van der Waals surface area contributed by atoms with Crippen LogP contribution in [0.25, 0.3) is 6.08 Å². The molecule has 0 bridgehead atoms. The number of nitrogens with zero attached hydrogens (tertiary/aromatic N) is 2. The fourth-order valence-electron chi connectivity index (χ4n) is 3.63. The molecule has 0 radical (unpaired) electrons. The highest BCUT2D eigenvalue weighted by atomic mass is 127. The van der Waals surface area contributed by atoms with Gasteiger partial charge in [-0.05, 0) is 83.2 Å². The van der Waals surface area contributed by atoms with E-state index in [2.05, 4.69) is 27.9 Å². The summed E-state index contributed by atoms with van der Waals surface area (Å²) in [6, 6.07) is 18.4. The molecule has 0 spiro atoms. The Hall–Kier alpha value is -3.84. The van der Waals surface area contributed by atoms with Crippen molar-refractivity contribution in [1.82, 2.24) is 5.32 Å². The van der Waals surface area contributed by atoms with Gasteiger partial charge in [-0.25, -0.2) is 0 Å². The van der Waals surface area contributed by atoms with Crippen LogP contribution in [0.3, 0.4) is 0 Å². The van der Waals surface area contributed by atoms with Gasteiger partial charge in [0.25, 0.3) is 17.5 Å². The Bertz CT molecular complexity index is 1430. The average molecular weight is 629 g/mol. The third kappa shape index (κ3) is 5.94. The van der Waals surface area contributed by atoms with Crippen LogP contribution in [-0.2, 0) is 16.2 Å². The summed E-state index contributed by atoms with van der Waals surface area (Å²) in [4.78, 5) is 37.8. The summed E-state index contributed by atoms with van der Waals surface area (Å²) in [5.74, 6) is -0.284. The van der Waals surface area contributed by atoms with Gasteiger partial charge >= 0.3 is 0 Å². The largest absolute Gasteiger partial charge is 0.490 e. The number of rotatable bonds is 8. The molecular formula is C26H20IN3O6S. The van der Waals surface area contributed by atoms with Crippen LogP contribution in [0.15, 0.2) is 72.3 Å². The lowest BCUT2D eigenvalue weighted by molar-refractivity contribution is -0.384. The van der Waals surface area contributed by atoms with E-state index in [1.165, 1.54) is 23.1 Å². The molecule has 11 heteroatoms. The van der Waals surface area contributed by atoms with E-state index in [9.17, 15) is 19.7 Å². The van der Waals surface area contributed by atoms with Gasteiger partial charge in [0.2, 0.25) is 0 Å². The summed E-state index contributed by atoms with van der Waals surface area (Å²) < 4.78 is 12.4. The topological polar surface area (TPSA) is 111 Å². The SMILES string of the molecule is CCOc1cc(/C=C2/C(=O)NC(=S)N(c3ccccc3)C2=O)cc(I)c1OCc1cccc([N+](=O)[O-])c1. The van der Waals surface area contributed by atoms with E-state index >= 15 is 0 Å². The maximum atomic E-state index is 13.3. The van der Waals surface area contributed by atoms with Gasteiger partial charge in [0.1, 0.15) is 12.2 Å². The number of benzene rings is 3. The third-order valence-electron chi connectivity index (χ3n) is 5.26. The van der Waals surface area contributed by atoms with Crippen molar-refractivity contribution < 1.29 is 24.0 Å². The normalized spacial score (nSPS) is 14.5. The van der Waals surface area contributed by atoms with Crippen LogP contribution in [0.4, 0.5) is 11.4 Å². The van der Waals surface area contributed by atoms with Gasteiger partial charge in [-0.15, -0.1) is 0 Å². The highest BCUT2D eigenvalue weighted by molar-refractivity contribution is 14.1. The lowest BCUT2D eigenvalue weighted by atomic mass is 10.1. The van der Waals surface area contributed by atoms with Gasteiger partial charge < -0.3 is 9.47 Å². The minimum absolute atomic E-state index is 0.00725. The second-order valence-electron chi connectivity index (χ2n) is 7.77. The van der Waals surface area contributed by atoms with Crippen molar-refractivity contribution in [2.24, 2.45) is 0 Å². The van der Waals surface area contributed by atoms with Gasteiger partial charge in [-0.3, -0.25) is 29.9 Å². The number of halogens is 1. The molecule has 1 aliphatic heterocycles. The number of carbonyl (C=O) groups excluding carboxylic acids is 2. The number of hydrogen-bond acceptors (Lipinski definition) is 7. The highest BCUT2D eigenvalue weighted by Crippen LogP contribution is 2.36. The fourth-order valence-corrected chi connectivity index (χ4v) is 4.69. The monoisotopic (exact) mass is 629 g/mol. The standard InChI is InChI=1S/C26H20IN3O6S/c1-2-35-22-14-17(13-21(27)23(22)36-15-16-7-6-10-19(11-16)30(33)34)12-20-24(31)28-26(37)29(25(20)32)18-8-4-3-5-9-18/h3-14H,2,15H2,1H3,(H,28,31,37)/b20-12-. The molecule has 3 aromatic carbocycles. The van der Waals surface area contributed by atoms with E-state index in [-0.39, 0.29) is 23.0 Å². The van der Waals surface area contributed by atoms with Crippen LogP contribution in [-0.4, -0.2) is 28.5 Å². The van der Waals surface area contributed by atoms with Crippen molar-refractivity contribution >= 4 is 69.2 Å². The summed E-state index contributed by atoms with van der Waals surface area (Å²) in [5, 5.41) is 13.6. The van der Waals surface area contributed by atoms with Gasteiger partial charge in [0, 0.05) is 12.1 Å². The number of nitro groups is 1. The van der Waals surface area contributed by atoms with Crippen molar-refractivity contribution in [3.05, 3.63) is 97.1 Å². The molecule has 0 aromatic heterocycles. The van der Waals surface area contributed by atoms with Crippen LogP contribution in [0.5, 0.6) is 11.5 Å². The molecule has 188 valence electrons. The van der Waals surface area contributed by atoms with E-state index in [4.69, 9.17) is 21.7 Å². The summed E-state index contributed by atoms with van der Waals surface area (Å²) in [6.07, 6.45) is 1.48. The predicted molar refractivity (Wildman–Crippen MR) is 150 cm³/mol. The average Bonchev–Trinajstić information content (AvgIpc) is 2.87. The van der Waals surface area contributed by atoms with E-state index < -0.39 is 16.7 Å². The second kappa shape index (κ2) is 11.5. The van der Waals surface area contributed by atoms with Crippen LogP contribution >= 0.6 is 34.8 Å². The highest BCUT2D eigenvalue weighted by Gasteiger charge is 2.34. The number of amides is 2. The zero-order chi connectivity index (χ0) is 26.5. The first-order chi connectivity index (χ1) is 17.8. The van der Waals surface area contributed by atoms with Gasteiger partial charge in [0.15, 0.2) is 16.6 Å². The second-order valence-corrected chi connectivity index (χ2v) is 9.32. The zero-order valence-electron chi connectivity index (χ0n) is 19.5. The molecule has 9 nitrogen and oxygen atoms in total. The van der Waals surface area contributed by atoms with Crippen molar-refractivity contribution in [2.75, 3.05) is 11.5 Å². The van der Waals surface area contributed by atoms with Crippen LogP contribution in [0.2, 0.25) is 0 Å². The molecule has 1 aliphatic rings. The molecule has 1 saturated heterocycles. The number of carbonyl (C=O) groups is 2. The molecule has 0 atom stereocenters. The number of non-ortho nitro benzene ring substituents is 1. The molecule has 1 N–H and O–H groups in total. The van der Waals surface area contributed by atoms with Crippen LogP contribution < -0.4 is 19.7 Å². The Morgan fingerprint density at radius 3 is 2.54 bits per heavy atom. The summed E-state index contributed by atoms with van der Waals surface area (Å²) in [5.41, 5.74) is 1.61. The lowest BCUT2D eigenvalue weighted by Gasteiger charge is -2.28. The summed E-state index contributed by atoms with van der Waals surface area (Å²) in [7, 11) is 0. The first-order valence-corrected chi connectivity index (χ1v) is 12.6. The maximum Gasteiger partial charge on any atom is 0.270 e. The van der Waals surface area contributed by atoms with Gasteiger partial charge in [-0.2, -0.15) is 0 Å². The Balaban J connectivity index is 1.64. The quantitative estimate of drug-likeness (QED) is 0.0932. The first-order valence-electron chi connectivity index (χ1n) is 11.1. The van der Waals surface area contributed by atoms with E-state index in [0.717, 1.165) is 0 Å². The van der Waals surface area contributed by atoms with Gasteiger partial charge in [0.05, 0.1) is 20.8 Å². The number of hydrogen-bond donors (Lipinski definition) is 1. The fraction of sp³-hybridized carbons (Fsp3) is 0.115. The molecule has 37 heavy (non-hydrogen) atoms. The number of thiocarbonyl (C=S) groups is 1. The minimum Gasteiger partial charge on any atom is -0.490 e. The molecule has 1 heterocycles. The van der Waals surface area contributed by atoms with Crippen molar-refractivity contribution in [1.29, 1.82) is 0 Å². The number of nitro benzene ring substituents is 1. The molecule has 0 unspecified atom stereocenters. The molecule has 4 rings (SSSR count). The molecule has 3 aromatic rings. The Labute approximate surface area is 231 Å². The van der Waals surface area contributed by atoms with Crippen LogP contribution in [0.1, 0.15) is 18.1 Å². The molecule has 0 saturated carbocycles.